The van der Waals surface area contributed by atoms with Crippen LogP contribution < -0.4 is 5.32 Å². The fraction of sp³-hybridized carbons (Fsp3) is 0.562. The van der Waals surface area contributed by atoms with E-state index in [4.69, 9.17) is 9.47 Å². The van der Waals surface area contributed by atoms with Gasteiger partial charge in [0.1, 0.15) is 0 Å². The van der Waals surface area contributed by atoms with Gasteiger partial charge in [0.25, 0.3) is 5.91 Å². The fourth-order valence-corrected chi connectivity index (χ4v) is 2.35. The van der Waals surface area contributed by atoms with Crippen LogP contribution in [0.25, 0.3) is 0 Å². The van der Waals surface area contributed by atoms with Crippen molar-refractivity contribution in [1.82, 2.24) is 5.32 Å². The van der Waals surface area contributed by atoms with Gasteiger partial charge in [0.15, 0.2) is 6.10 Å². The Morgan fingerprint density at radius 3 is 2.83 bits per heavy atom. The van der Waals surface area contributed by atoms with Crippen LogP contribution in [0.3, 0.4) is 0 Å². The Morgan fingerprint density at radius 1 is 1.39 bits per heavy atom. The zero-order valence-electron chi connectivity index (χ0n) is 12.9. The van der Waals surface area contributed by atoms with Gasteiger partial charge < -0.3 is 14.8 Å². The molecule has 23 heavy (non-hydrogen) atoms. The van der Waals surface area contributed by atoms with E-state index in [1.807, 2.05) is 6.92 Å². The summed E-state index contributed by atoms with van der Waals surface area (Å²) in [5.41, 5.74) is -0.0510. The molecule has 0 unspecified atom stereocenters. The molecule has 1 aliphatic heterocycles. The first kappa shape index (κ1) is 17.7. The van der Waals surface area contributed by atoms with Gasteiger partial charge in [-0.05, 0) is 24.0 Å². The Kier molecular flexibility index (Phi) is 6.01. The van der Waals surface area contributed by atoms with Crippen LogP contribution in [-0.4, -0.2) is 38.4 Å². The molecule has 7 heteroatoms. The summed E-state index contributed by atoms with van der Waals surface area (Å²) in [5.74, 6) is -0.345. The normalized spacial score (nSPS) is 20.1. The minimum Gasteiger partial charge on any atom is -0.376 e. The number of halogens is 3. The van der Waals surface area contributed by atoms with E-state index < -0.39 is 17.8 Å². The Bertz CT molecular complexity index is 528. The maximum atomic E-state index is 12.7. The number of hydrogen-bond acceptors (Lipinski definition) is 3. The average molecular weight is 331 g/mol. The zero-order chi connectivity index (χ0) is 16.9. The highest BCUT2D eigenvalue weighted by Crippen LogP contribution is 2.31. The Balaban J connectivity index is 1.82. The van der Waals surface area contributed by atoms with Crippen molar-refractivity contribution >= 4 is 5.91 Å². The van der Waals surface area contributed by atoms with Crippen molar-refractivity contribution in [2.45, 2.75) is 31.5 Å². The molecule has 1 aromatic rings. The molecule has 0 radical (unpaired) electrons. The number of hydrogen-bond donors (Lipinski definition) is 1. The molecule has 2 rings (SSSR count). The highest BCUT2D eigenvalue weighted by Gasteiger charge is 2.30. The molecule has 1 aromatic carbocycles. The van der Waals surface area contributed by atoms with Crippen LogP contribution in [0.1, 0.15) is 30.4 Å². The molecule has 128 valence electrons. The molecule has 1 aliphatic rings. The lowest BCUT2D eigenvalue weighted by Gasteiger charge is -2.22. The van der Waals surface area contributed by atoms with Gasteiger partial charge in [0.05, 0.1) is 25.4 Å². The first-order chi connectivity index (χ1) is 10.9. The number of alkyl halides is 3. The van der Waals surface area contributed by atoms with E-state index in [1.54, 1.807) is 6.07 Å². The van der Waals surface area contributed by atoms with Gasteiger partial charge in [-0.15, -0.1) is 0 Å². The van der Waals surface area contributed by atoms with Crippen LogP contribution in [0.5, 0.6) is 0 Å². The number of ether oxygens (including phenoxy) is 2. The van der Waals surface area contributed by atoms with Crippen molar-refractivity contribution in [2.75, 3.05) is 26.4 Å². The Hall–Kier alpha value is -1.60. The van der Waals surface area contributed by atoms with Crippen LogP contribution in [0.2, 0.25) is 0 Å². The van der Waals surface area contributed by atoms with E-state index in [0.29, 0.717) is 31.7 Å². The number of nitrogens with one attached hydrogen (secondary N) is 1. The smallest absolute Gasteiger partial charge is 0.376 e. The maximum Gasteiger partial charge on any atom is 0.416 e. The predicted molar refractivity (Wildman–Crippen MR) is 78.0 cm³/mol. The van der Waals surface area contributed by atoms with Crippen LogP contribution >= 0.6 is 0 Å². The summed E-state index contributed by atoms with van der Waals surface area (Å²) in [6, 6.07) is 5.28. The van der Waals surface area contributed by atoms with Crippen LogP contribution in [0.4, 0.5) is 13.2 Å². The molecule has 0 aliphatic carbocycles. The first-order valence-electron chi connectivity index (χ1n) is 7.52. The molecule has 1 heterocycles. The van der Waals surface area contributed by atoms with E-state index in [1.165, 1.54) is 6.07 Å². The number of carbonyl (C=O) groups excluding carboxylic acids is 1. The second-order valence-corrected chi connectivity index (χ2v) is 5.54. The largest absolute Gasteiger partial charge is 0.416 e. The third-order valence-electron chi connectivity index (χ3n) is 3.77. The fourth-order valence-electron chi connectivity index (χ4n) is 2.35. The standard InChI is InChI=1S/C16H20F3NO3/c1-11(12-3-2-4-13(9-12)16(17,18)19)5-6-20-15(21)14-10-22-7-8-23-14/h2-4,9,11,14H,5-8,10H2,1H3,(H,20,21)/t11-,14+/m0/s1. The van der Waals surface area contributed by atoms with E-state index in [0.717, 1.165) is 12.1 Å². The van der Waals surface area contributed by atoms with E-state index in [-0.39, 0.29) is 18.4 Å². The van der Waals surface area contributed by atoms with Crippen molar-refractivity contribution in [1.29, 1.82) is 0 Å². The summed E-state index contributed by atoms with van der Waals surface area (Å²) in [7, 11) is 0. The van der Waals surface area contributed by atoms with Gasteiger partial charge in [-0.3, -0.25) is 4.79 Å². The summed E-state index contributed by atoms with van der Waals surface area (Å²) in [6.07, 6.45) is -4.41. The molecule has 4 nitrogen and oxygen atoms in total. The molecule has 0 spiro atoms. The summed E-state index contributed by atoms with van der Waals surface area (Å²) >= 11 is 0. The van der Waals surface area contributed by atoms with Crippen LogP contribution in [-0.2, 0) is 20.4 Å². The van der Waals surface area contributed by atoms with Gasteiger partial charge in [0.2, 0.25) is 0 Å². The second-order valence-electron chi connectivity index (χ2n) is 5.54. The molecule has 0 aromatic heterocycles. The minimum atomic E-state index is -4.34. The van der Waals surface area contributed by atoms with E-state index in [9.17, 15) is 18.0 Å². The number of benzene rings is 1. The molecule has 2 atom stereocenters. The molecular formula is C16H20F3NO3. The lowest BCUT2D eigenvalue weighted by atomic mass is 9.96. The number of carbonyl (C=O) groups is 1. The zero-order valence-corrected chi connectivity index (χ0v) is 12.9. The highest BCUT2D eigenvalue weighted by atomic mass is 19.4. The lowest BCUT2D eigenvalue weighted by Crippen LogP contribution is -2.43. The van der Waals surface area contributed by atoms with Crippen LogP contribution in [0.15, 0.2) is 24.3 Å². The Labute approximate surface area is 133 Å². The average Bonchev–Trinajstić information content (AvgIpc) is 2.54. The summed E-state index contributed by atoms with van der Waals surface area (Å²) < 4.78 is 48.6. The van der Waals surface area contributed by atoms with Crippen molar-refractivity contribution in [3.05, 3.63) is 35.4 Å². The topological polar surface area (TPSA) is 47.6 Å². The minimum absolute atomic E-state index is 0.0962. The van der Waals surface area contributed by atoms with Crippen molar-refractivity contribution < 1.29 is 27.4 Å². The molecule has 1 N–H and O–H groups in total. The highest BCUT2D eigenvalue weighted by molar-refractivity contribution is 5.80. The number of amides is 1. The lowest BCUT2D eigenvalue weighted by molar-refractivity contribution is -0.147. The van der Waals surface area contributed by atoms with E-state index >= 15 is 0 Å². The van der Waals surface area contributed by atoms with Gasteiger partial charge in [-0.2, -0.15) is 13.2 Å². The molecule has 0 bridgehead atoms. The first-order valence-corrected chi connectivity index (χ1v) is 7.52. The summed E-state index contributed by atoms with van der Waals surface area (Å²) in [5, 5.41) is 2.73. The van der Waals surface area contributed by atoms with Gasteiger partial charge in [0, 0.05) is 6.54 Å². The molecule has 1 saturated heterocycles. The third kappa shape index (κ3) is 5.21. The third-order valence-corrected chi connectivity index (χ3v) is 3.77. The SMILES string of the molecule is C[C@@H](CCNC(=O)[C@H]1COCCO1)c1cccc(C(F)(F)F)c1. The van der Waals surface area contributed by atoms with E-state index in [2.05, 4.69) is 5.32 Å². The van der Waals surface area contributed by atoms with Gasteiger partial charge in [-0.1, -0.05) is 25.1 Å². The second kappa shape index (κ2) is 7.79. The van der Waals surface area contributed by atoms with Crippen molar-refractivity contribution in [2.24, 2.45) is 0 Å². The van der Waals surface area contributed by atoms with Crippen LogP contribution in [0, 0.1) is 0 Å². The molecule has 1 amide bonds. The molecule has 0 saturated carbocycles. The van der Waals surface area contributed by atoms with Crippen molar-refractivity contribution in [3.8, 4) is 0 Å². The van der Waals surface area contributed by atoms with Gasteiger partial charge in [-0.25, -0.2) is 0 Å². The molecular weight excluding hydrogens is 311 g/mol. The Morgan fingerprint density at radius 2 is 2.17 bits per heavy atom. The van der Waals surface area contributed by atoms with Crippen molar-refractivity contribution in [3.63, 3.8) is 0 Å². The summed E-state index contributed by atoms with van der Waals surface area (Å²) in [6.45, 7) is 3.31. The summed E-state index contributed by atoms with van der Waals surface area (Å²) in [4.78, 5) is 11.8. The van der Waals surface area contributed by atoms with Gasteiger partial charge >= 0.3 is 6.18 Å². The maximum absolute atomic E-state index is 12.7. The monoisotopic (exact) mass is 331 g/mol. The number of rotatable bonds is 5. The molecule has 1 fully saturated rings. The quantitative estimate of drug-likeness (QED) is 0.902. The predicted octanol–water partition coefficient (Wildman–Crippen LogP) is 2.73.